The smallest absolute Gasteiger partial charge is 0.0202 e. The van der Waals surface area contributed by atoms with Gasteiger partial charge in [0.15, 0.2) is 0 Å². The lowest BCUT2D eigenvalue weighted by molar-refractivity contribution is 0.818. The third-order valence-corrected chi connectivity index (χ3v) is 1.22. The Morgan fingerprint density at radius 1 is 0.923 bits per heavy atom. The highest BCUT2D eigenvalue weighted by Crippen LogP contribution is 1.95. The monoisotopic (exact) mass is 181 g/mol. The normalized spacial score (nSPS) is 7.46. The highest BCUT2D eigenvalue weighted by atomic mass is 14.8. The van der Waals surface area contributed by atoms with Gasteiger partial charge in [0.05, 0.1) is 0 Å². The van der Waals surface area contributed by atoms with Gasteiger partial charge in [-0.25, -0.2) is 0 Å². The van der Waals surface area contributed by atoms with E-state index in [4.69, 9.17) is 0 Å². The largest absolute Gasteiger partial charge is 0.316 e. The van der Waals surface area contributed by atoms with E-state index in [0.29, 0.717) is 0 Å². The number of hydrogen-bond acceptors (Lipinski definition) is 1. The van der Waals surface area contributed by atoms with Gasteiger partial charge in [-0.05, 0) is 12.6 Å². The second-order valence-electron chi connectivity index (χ2n) is 2.02. The van der Waals surface area contributed by atoms with Gasteiger partial charge < -0.3 is 5.32 Å². The molecule has 0 aromatic heterocycles. The van der Waals surface area contributed by atoms with Crippen molar-refractivity contribution in [2.24, 2.45) is 0 Å². The van der Waals surface area contributed by atoms with E-state index in [1.54, 1.807) is 0 Å². The molecule has 76 valence electrons. The van der Waals surface area contributed by atoms with Gasteiger partial charge in [0, 0.05) is 6.54 Å². The van der Waals surface area contributed by atoms with Crippen molar-refractivity contribution in [3.8, 4) is 0 Å². The van der Waals surface area contributed by atoms with E-state index in [1.165, 1.54) is 5.56 Å². The van der Waals surface area contributed by atoms with E-state index in [2.05, 4.69) is 17.4 Å². The van der Waals surface area contributed by atoms with Crippen molar-refractivity contribution >= 4 is 0 Å². The maximum absolute atomic E-state index is 3.08. The van der Waals surface area contributed by atoms with Gasteiger partial charge in [-0.3, -0.25) is 0 Å². The summed E-state index contributed by atoms with van der Waals surface area (Å²) in [6, 6.07) is 10.3. The lowest BCUT2D eigenvalue weighted by Crippen LogP contribution is -2.04. The topological polar surface area (TPSA) is 12.0 Å². The van der Waals surface area contributed by atoms with Crippen LogP contribution in [0.3, 0.4) is 0 Å². The highest BCUT2D eigenvalue weighted by Gasteiger charge is 1.83. The lowest BCUT2D eigenvalue weighted by atomic mass is 10.2. The standard InChI is InChI=1S/C8H11N.2C2H6/c1-9-7-8-5-3-2-4-6-8;2*1-2/h2-6,9H,7H2,1H3;2*1-2H3. The molecule has 1 N–H and O–H groups in total. The van der Waals surface area contributed by atoms with Crippen molar-refractivity contribution in [2.45, 2.75) is 34.2 Å². The Bertz CT molecular complexity index is 158. The molecule has 0 fully saturated rings. The van der Waals surface area contributed by atoms with Crippen molar-refractivity contribution < 1.29 is 0 Å². The first kappa shape index (κ1) is 14.7. The van der Waals surface area contributed by atoms with Crippen LogP contribution in [0.1, 0.15) is 33.3 Å². The summed E-state index contributed by atoms with van der Waals surface area (Å²) >= 11 is 0. The van der Waals surface area contributed by atoms with E-state index in [1.807, 2.05) is 52.9 Å². The van der Waals surface area contributed by atoms with Crippen molar-refractivity contribution in [2.75, 3.05) is 7.05 Å². The van der Waals surface area contributed by atoms with Crippen LogP contribution in [0.4, 0.5) is 0 Å². The Morgan fingerprint density at radius 3 is 1.77 bits per heavy atom. The average molecular weight is 181 g/mol. The van der Waals surface area contributed by atoms with Crippen LogP contribution in [0.5, 0.6) is 0 Å². The minimum Gasteiger partial charge on any atom is -0.316 e. The quantitative estimate of drug-likeness (QED) is 0.736. The van der Waals surface area contributed by atoms with Gasteiger partial charge in [-0.15, -0.1) is 0 Å². The predicted molar refractivity (Wildman–Crippen MR) is 61.9 cm³/mol. The first-order valence-corrected chi connectivity index (χ1v) is 5.12. The van der Waals surface area contributed by atoms with E-state index in [-0.39, 0.29) is 0 Å². The second-order valence-corrected chi connectivity index (χ2v) is 2.02. The first-order valence-electron chi connectivity index (χ1n) is 5.12. The minimum absolute atomic E-state index is 0.959. The van der Waals surface area contributed by atoms with Crippen LogP contribution >= 0.6 is 0 Å². The van der Waals surface area contributed by atoms with Crippen LogP contribution in [-0.2, 0) is 6.54 Å². The Morgan fingerprint density at radius 2 is 1.38 bits per heavy atom. The molecule has 0 amide bonds. The molecular weight excluding hydrogens is 158 g/mol. The maximum Gasteiger partial charge on any atom is 0.0202 e. The second kappa shape index (κ2) is 13.7. The summed E-state index contributed by atoms with van der Waals surface area (Å²) < 4.78 is 0. The zero-order valence-corrected chi connectivity index (χ0v) is 9.59. The number of hydrogen-bond donors (Lipinski definition) is 1. The summed E-state index contributed by atoms with van der Waals surface area (Å²) in [6.45, 7) is 8.96. The van der Waals surface area contributed by atoms with Crippen LogP contribution in [0.25, 0.3) is 0 Å². The summed E-state index contributed by atoms with van der Waals surface area (Å²) in [5.41, 5.74) is 1.33. The maximum atomic E-state index is 3.08. The predicted octanol–water partition coefficient (Wildman–Crippen LogP) is 3.46. The molecule has 0 radical (unpaired) electrons. The molecule has 13 heavy (non-hydrogen) atoms. The molecule has 1 aromatic carbocycles. The first-order chi connectivity index (χ1) is 6.43. The van der Waals surface area contributed by atoms with Gasteiger partial charge in [0.2, 0.25) is 0 Å². The molecule has 0 bridgehead atoms. The fraction of sp³-hybridized carbons (Fsp3) is 0.500. The van der Waals surface area contributed by atoms with Gasteiger partial charge in [0.25, 0.3) is 0 Å². The molecule has 1 nitrogen and oxygen atoms in total. The summed E-state index contributed by atoms with van der Waals surface area (Å²) in [7, 11) is 1.95. The highest BCUT2D eigenvalue weighted by molar-refractivity contribution is 5.13. The van der Waals surface area contributed by atoms with Gasteiger partial charge in [-0.1, -0.05) is 58.0 Å². The number of nitrogens with one attached hydrogen (secondary N) is 1. The van der Waals surface area contributed by atoms with Gasteiger partial charge in [-0.2, -0.15) is 0 Å². The summed E-state index contributed by atoms with van der Waals surface area (Å²) in [4.78, 5) is 0. The number of benzene rings is 1. The van der Waals surface area contributed by atoms with Crippen LogP contribution in [-0.4, -0.2) is 7.05 Å². The molecule has 0 aliphatic heterocycles. The minimum atomic E-state index is 0.959. The molecule has 1 aromatic rings. The van der Waals surface area contributed by atoms with Crippen molar-refractivity contribution in [3.05, 3.63) is 35.9 Å². The molecule has 1 rings (SSSR count). The Hall–Kier alpha value is -0.820. The molecule has 0 heterocycles. The molecule has 0 saturated heterocycles. The Labute approximate surface area is 83.2 Å². The van der Waals surface area contributed by atoms with E-state index < -0.39 is 0 Å². The van der Waals surface area contributed by atoms with E-state index in [0.717, 1.165) is 6.54 Å². The Balaban J connectivity index is 0. The SMILES string of the molecule is CC.CC.CNCc1ccccc1. The van der Waals surface area contributed by atoms with Crippen molar-refractivity contribution in [3.63, 3.8) is 0 Å². The van der Waals surface area contributed by atoms with E-state index >= 15 is 0 Å². The molecule has 0 saturated carbocycles. The Kier molecular flexibility index (Phi) is 15.5. The van der Waals surface area contributed by atoms with E-state index in [9.17, 15) is 0 Å². The molecule has 0 atom stereocenters. The summed E-state index contributed by atoms with van der Waals surface area (Å²) in [5, 5.41) is 3.08. The molecule has 1 heteroatoms. The van der Waals surface area contributed by atoms with Crippen LogP contribution in [0.2, 0.25) is 0 Å². The zero-order valence-electron chi connectivity index (χ0n) is 9.59. The lowest BCUT2D eigenvalue weighted by Gasteiger charge is -1.95. The van der Waals surface area contributed by atoms with Crippen molar-refractivity contribution in [1.82, 2.24) is 5.32 Å². The summed E-state index contributed by atoms with van der Waals surface area (Å²) in [5.74, 6) is 0. The number of rotatable bonds is 2. The van der Waals surface area contributed by atoms with Crippen LogP contribution < -0.4 is 5.32 Å². The fourth-order valence-corrected chi connectivity index (χ4v) is 0.800. The zero-order chi connectivity index (χ0) is 10.5. The molecule has 0 spiro atoms. The van der Waals surface area contributed by atoms with Gasteiger partial charge >= 0.3 is 0 Å². The van der Waals surface area contributed by atoms with Crippen molar-refractivity contribution in [1.29, 1.82) is 0 Å². The molecule has 0 unspecified atom stereocenters. The fourth-order valence-electron chi connectivity index (χ4n) is 0.800. The third kappa shape index (κ3) is 9.09. The van der Waals surface area contributed by atoms with Gasteiger partial charge in [0.1, 0.15) is 0 Å². The average Bonchev–Trinajstić information content (AvgIpc) is 2.26. The summed E-state index contributed by atoms with van der Waals surface area (Å²) in [6.07, 6.45) is 0. The molecular formula is C12H23N. The molecule has 0 aliphatic rings. The van der Waals surface area contributed by atoms with Crippen LogP contribution in [0.15, 0.2) is 30.3 Å². The van der Waals surface area contributed by atoms with Crippen LogP contribution in [0, 0.1) is 0 Å². The molecule has 0 aliphatic carbocycles. The third-order valence-electron chi connectivity index (χ3n) is 1.22.